The Morgan fingerprint density at radius 3 is 2.08 bits per heavy atom. The van der Waals surface area contributed by atoms with Crippen LogP contribution in [0.25, 0.3) is 38.0 Å². The zero-order valence-corrected chi connectivity index (χ0v) is 13.8. The third-order valence-corrected chi connectivity index (χ3v) is 4.82. The van der Waals surface area contributed by atoms with Gasteiger partial charge in [-0.05, 0) is 64.2 Å². The second-order valence-electron chi connectivity index (χ2n) is 6.41. The quantitative estimate of drug-likeness (QED) is 0.417. The van der Waals surface area contributed by atoms with Crippen molar-refractivity contribution in [2.45, 2.75) is 6.92 Å². The summed E-state index contributed by atoms with van der Waals surface area (Å²) in [6.07, 6.45) is 1.62. The summed E-state index contributed by atoms with van der Waals surface area (Å²) in [5, 5.41) is 15.3. The zero-order valence-electron chi connectivity index (χ0n) is 13.8. The highest BCUT2D eigenvalue weighted by atomic mass is 16.3. The standard InChI is InChI=1S/C22H16N2O/c1-14-13-25-22(23)24(14)21-8-4-7-17-11-18-9-15-5-2-3-6-16(15)10-19(18)12-20(17)21/h2-13,23H,1H3. The number of aromatic nitrogens is 1. The number of hydrogen-bond acceptors (Lipinski definition) is 2. The van der Waals surface area contributed by atoms with Gasteiger partial charge in [0.05, 0.1) is 11.4 Å². The number of rotatable bonds is 1. The lowest BCUT2D eigenvalue weighted by atomic mass is 9.99. The summed E-state index contributed by atoms with van der Waals surface area (Å²) in [6.45, 7) is 1.95. The molecule has 0 saturated heterocycles. The molecule has 1 N–H and O–H groups in total. The van der Waals surface area contributed by atoms with E-state index in [0.717, 1.165) is 22.2 Å². The van der Waals surface area contributed by atoms with Crippen LogP contribution < -0.4 is 5.68 Å². The van der Waals surface area contributed by atoms with Crippen LogP contribution in [0.4, 0.5) is 0 Å². The van der Waals surface area contributed by atoms with Crippen LogP contribution in [0.5, 0.6) is 0 Å². The van der Waals surface area contributed by atoms with Gasteiger partial charge in [-0.1, -0.05) is 36.4 Å². The van der Waals surface area contributed by atoms with Crippen LogP contribution in [0.15, 0.2) is 77.4 Å². The van der Waals surface area contributed by atoms with E-state index in [1.807, 2.05) is 23.6 Å². The number of benzene rings is 4. The first-order valence-electron chi connectivity index (χ1n) is 8.28. The van der Waals surface area contributed by atoms with Gasteiger partial charge in [0, 0.05) is 5.39 Å². The first-order chi connectivity index (χ1) is 12.2. The highest BCUT2D eigenvalue weighted by Gasteiger charge is 2.10. The number of fused-ring (bicyclic) bond motifs is 3. The van der Waals surface area contributed by atoms with Gasteiger partial charge in [0.15, 0.2) is 0 Å². The largest absolute Gasteiger partial charge is 0.432 e. The minimum atomic E-state index is 0.142. The van der Waals surface area contributed by atoms with Gasteiger partial charge >= 0.3 is 0 Å². The molecule has 3 nitrogen and oxygen atoms in total. The summed E-state index contributed by atoms with van der Waals surface area (Å²) in [5.41, 5.74) is 2.03. The smallest absolute Gasteiger partial charge is 0.298 e. The Labute approximate surface area is 144 Å². The maximum absolute atomic E-state index is 8.07. The highest BCUT2D eigenvalue weighted by Crippen LogP contribution is 2.30. The molecule has 1 aromatic heterocycles. The van der Waals surface area contributed by atoms with E-state index >= 15 is 0 Å². The molecule has 0 radical (unpaired) electrons. The highest BCUT2D eigenvalue weighted by molar-refractivity contribution is 6.06. The lowest BCUT2D eigenvalue weighted by molar-refractivity contribution is 0.476. The molecule has 0 bridgehead atoms. The Balaban J connectivity index is 1.90. The summed E-state index contributed by atoms with van der Waals surface area (Å²) in [4.78, 5) is 0. The molecule has 25 heavy (non-hydrogen) atoms. The molecule has 5 rings (SSSR count). The molecule has 0 saturated carbocycles. The molecule has 1 heterocycles. The average Bonchev–Trinajstić information content (AvgIpc) is 2.96. The Morgan fingerprint density at radius 2 is 1.40 bits per heavy atom. The number of nitrogens with zero attached hydrogens (tertiary/aromatic N) is 1. The Morgan fingerprint density at radius 1 is 0.760 bits per heavy atom. The van der Waals surface area contributed by atoms with Gasteiger partial charge in [0.25, 0.3) is 5.68 Å². The molecule has 0 aliphatic heterocycles. The normalized spacial score (nSPS) is 11.6. The van der Waals surface area contributed by atoms with Crippen molar-refractivity contribution in [2.24, 2.45) is 0 Å². The van der Waals surface area contributed by atoms with Crippen LogP contribution in [0.1, 0.15) is 5.69 Å². The molecule has 0 amide bonds. The number of hydrogen-bond donors (Lipinski definition) is 1. The fourth-order valence-corrected chi connectivity index (χ4v) is 3.60. The average molecular weight is 324 g/mol. The first kappa shape index (κ1) is 14.1. The third kappa shape index (κ3) is 2.09. The van der Waals surface area contributed by atoms with Crippen LogP contribution in [0, 0.1) is 12.3 Å². The van der Waals surface area contributed by atoms with E-state index in [1.165, 1.54) is 21.5 Å². The van der Waals surface area contributed by atoms with E-state index < -0.39 is 0 Å². The van der Waals surface area contributed by atoms with Crippen molar-refractivity contribution in [3.8, 4) is 5.69 Å². The molecule has 5 aromatic rings. The number of aryl methyl sites for hydroxylation is 1. The summed E-state index contributed by atoms with van der Waals surface area (Å²) < 4.78 is 7.12. The molecular weight excluding hydrogens is 308 g/mol. The van der Waals surface area contributed by atoms with Crippen LogP contribution in [-0.2, 0) is 0 Å². The molecule has 120 valence electrons. The van der Waals surface area contributed by atoms with Crippen LogP contribution in [-0.4, -0.2) is 4.57 Å². The Hall–Kier alpha value is -3.33. The van der Waals surface area contributed by atoms with E-state index in [0.29, 0.717) is 0 Å². The summed E-state index contributed by atoms with van der Waals surface area (Å²) in [7, 11) is 0. The van der Waals surface area contributed by atoms with Gasteiger partial charge < -0.3 is 4.42 Å². The fraction of sp³-hybridized carbons (Fsp3) is 0.0455. The fourth-order valence-electron chi connectivity index (χ4n) is 3.60. The van der Waals surface area contributed by atoms with Gasteiger partial charge in [0.1, 0.15) is 6.26 Å². The molecule has 0 spiro atoms. The molecule has 4 aromatic carbocycles. The van der Waals surface area contributed by atoms with Crippen molar-refractivity contribution in [2.75, 3.05) is 0 Å². The second-order valence-corrected chi connectivity index (χ2v) is 6.41. The van der Waals surface area contributed by atoms with Crippen LogP contribution in [0.3, 0.4) is 0 Å². The van der Waals surface area contributed by atoms with Crippen molar-refractivity contribution >= 4 is 32.3 Å². The Kier molecular flexibility index (Phi) is 2.86. The predicted octanol–water partition coefficient (Wildman–Crippen LogP) is 5.32. The van der Waals surface area contributed by atoms with Gasteiger partial charge in [-0.2, -0.15) is 0 Å². The first-order valence-corrected chi connectivity index (χ1v) is 8.28. The maximum atomic E-state index is 8.07. The van der Waals surface area contributed by atoms with E-state index in [2.05, 4.69) is 54.6 Å². The molecule has 0 unspecified atom stereocenters. The lowest BCUT2D eigenvalue weighted by Crippen LogP contribution is -2.13. The van der Waals surface area contributed by atoms with Gasteiger partial charge in [-0.25, -0.2) is 0 Å². The Bertz CT molecular complexity index is 1320. The van der Waals surface area contributed by atoms with E-state index in [-0.39, 0.29) is 5.68 Å². The minimum absolute atomic E-state index is 0.142. The van der Waals surface area contributed by atoms with Gasteiger partial charge in [-0.3, -0.25) is 9.98 Å². The molecule has 0 aliphatic carbocycles. The topological polar surface area (TPSA) is 41.9 Å². The van der Waals surface area contributed by atoms with Crippen molar-refractivity contribution in [1.29, 1.82) is 5.41 Å². The van der Waals surface area contributed by atoms with Gasteiger partial charge in [-0.15, -0.1) is 0 Å². The molecule has 3 heteroatoms. The summed E-state index contributed by atoms with van der Waals surface area (Å²) in [5.74, 6) is 0. The molecule has 0 aliphatic rings. The van der Waals surface area contributed by atoms with Crippen LogP contribution in [0.2, 0.25) is 0 Å². The summed E-state index contributed by atoms with van der Waals surface area (Å²) in [6, 6.07) is 23.5. The molecule has 0 fully saturated rings. The van der Waals surface area contributed by atoms with Crippen molar-refractivity contribution in [3.63, 3.8) is 0 Å². The van der Waals surface area contributed by atoms with Crippen molar-refractivity contribution < 1.29 is 4.42 Å². The van der Waals surface area contributed by atoms with Crippen molar-refractivity contribution in [3.05, 3.63) is 84.4 Å². The van der Waals surface area contributed by atoms with E-state index in [9.17, 15) is 0 Å². The minimum Gasteiger partial charge on any atom is -0.432 e. The predicted molar refractivity (Wildman–Crippen MR) is 101 cm³/mol. The lowest BCUT2D eigenvalue weighted by Gasteiger charge is -2.11. The second kappa shape index (κ2) is 5.08. The van der Waals surface area contributed by atoms with E-state index in [1.54, 1.807) is 6.26 Å². The van der Waals surface area contributed by atoms with Gasteiger partial charge in [0.2, 0.25) is 0 Å². The number of oxazole rings is 1. The van der Waals surface area contributed by atoms with E-state index in [4.69, 9.17) is 9.83 Å². The number of nitrogens with one attached hydrogen (secondary N) is 1. The summed E-state index contributed by atoms with van der Waals surface area (Å²) >= 11 is 0. The third-order valence-electron chi connectivity index (χ3n) is 4.82. The van der Waals surface area contributed by atoms with Crippen LogP contribution >= 0.6 is 0 Å². The maximum Gasteiger partial charge on any atom is 0.298 e. The van der Waals surface area contributed by atoms with Crippen molar-refractivity contribution in [1.82, 2.24) is 4.57 Å². The molecular formula is C22H16N2O. The zero-order chi connectivity index (χ0) is 17.0. The monoisotopic (exact) mass is 324 g/mol. The SMILES string of the molecule is Cc1coc(=N)n1-c1cccc2cc3cc4ccccc4cc3cc12. The molecule has 0 atom stereocenters.